The molecule has 24 heavy (non-hydrogen) atoms. The topological polar surface area (TPSA) is 55.3 Å². The van der Waals surface area contributed by atoms with Crippen LogP contribution in [-0.2, 0) is 17.6 Å². The summed E-state index contributed by atoms with van der Waals surface area (Å²) in [7, 11) is 0. The number of rotatable bonds is 1. The van der Waals surface area contributed by atoms with E-state index in [1.54, 1.807) is 23.5 Å². The highest BCUT2D eigenvalue weighted by molar-refractivity contribution is 5.68. The first-order chi connectivity index (χ1) is 11.4. The van der Waals surface area contributed by atoms with Gasteiger partial charge in [-0.2, -0.15) is 0 Å². The summed E-state index contributed by atoms with van der Waals surface area (Å²) in [4.78, 5) is 22.6. The van der Waals surface area contributed by atoms with Gasteiger partial charge in [0.25, 0.3) is 0 Å². The molecule has 0 bridgehead atoms. The van der Waals surface area contributed by atoms with Gasteiger partial charge in [0.15, 0.2) is 0 Å². The molecule has 2 heterocycles. The fourth-order valence-corrected chi connectivity index (χ4v) is 2.84. The summed E-state index contributed by atoms with van der Waals surface area (Å²) < 4.78 is 5.49. The molecule has 0 saturated heterocycles. The molecule has 0 spiro atoms. The van der Waals surface area contributed by atoms with Crippen molar-refractivity contribution in [2.75, 3.05) is 13.1 Å². The van der Waals surface area contributed by atoms with Gasteiger partial charge in [0, 0.05) is 31.0 Å². The van der Waals surface area contributed by atoms with Crippen molar-refractivity contribution in [3.05, 3.63) is 47.9 Å². The van der Waals surface area contributed by atoms with Crippen molar-refractivity contribution in [3.8, 4) is 11.3 Å². The maximum Gasteiger partial charge on any atom is 0.410 e. The van der Waals surface area contributed by atoms with E-state index in [9.17, 15) is 4.79 Å². The lowest BCUT2D eigenvalue weighted by Crippen LogP contribution is -2.38. The minimum absolute atomic E-state index is 0.232. The number of nitrogens with zero attached hydrogens (tertiary/aromatic N) is 3. The van der Waals surface area contributed by atoms with Crippen LogP contribution in [-0.4, -0.2) is 39.7 Å². The highest BCUT2D eigenvalue weighted by atomic mass is 16.6. The number of aromatic nitrogens is 2. The van der Waals surface area contributed by atoms with Crippen molar-refractivity contribution in [2.24, 2.45) is 0 Å². The molecule has 1 aliphatic rings. The van der Waals surface area contributed by atoms with Gasteiger partial charge in [0.05, 0.1) is 11.9 Å². The summed E-state index contributed by atoms with van der Waals surface area (Å²) in [5.74, 6) is 0. The highest BCUT2D eigenvalue weighted by Crippen LogP contribution is 2.24. The zero-order valence-corrected chi connectivity index (χ0v) is 14.5. The Balaban J connectivity index is 1.75. The number of carbonyl (C=O) groups excluding carboxylic acids is 1. The van der Waals surface area contributed by atoms with Crippen LogP contribution in [0.5, 0.6) is 0 Å². The first-order valence-corrected chi connectivity index (χ1v) is 8.28. The van der Waals surface area contributed by atoms with Crippen LogP contribution in [0.25, 0.3) is 11.3 Å². The molecule has 1 aliphatic heterocycles. The first-order valence-electron chi connectivity index (χ1n) is 8.28. The van der Waals surface area contributed by atoms with Gasteiger partial charge < -0.3 is 9.64 Å². The lowest BCUT2D eigenvalue weighted by molar-refractivity contribution is 0.0258. The lowest BCUT2D eigenvalue weighted by atomic mass is 9.99. The molecule has 2 aromatic rings. The van der Waals surface area contributed by atoms with E-state index in [0.717, 1.165) is 24.1 Å². The van der Waals surface area contributed by atoms with Crippen molar-refractivity contribution >= 4 is 6.09 Å². The smallest absolute Gasteiger partial charge is 0.410 e. The zero-order chi connectivity index (χ0) is 17.2. The van der Waals surface area contributed by atoms with Crippen molar-refractivity contribution in [3.63, 3.8) is 0 Å². The summed E-state index contributed by atoms with van der Waals surface area (Å²) in [6.07, 6.45) is 6.57. The van der Waals surface area contributed by atoms with Crippen molar-refractivity contribution in [2.45, 2.75) is 39.2 Å². The number of ether oxygens (including phenoxy) is 1. The van der Waals surface area contributed by atoms with Crippen LogP contribution in [0, 0.1) is 0 Å². The predicted molar refractivity (Wildman–Crippen MR) is 92.7 cm³/mol. The van der Waals surface area contributed by atoms with E-state index in [0.29, 0.717) is 13.1 Å². The number of amides is 1. The standard InChI is InChI=1S/C19H23N3O2/c1-19(2,3)24-18(23)22-10-6-14-4-5-16(12-15(14)7-11-22)17-13-20-8-9-21-17/h4-5,8-9,12-13H,6-7,10-11H2,1-3H3. The number of carbonyl (C=O) groups is 1. The largest absolute Gasteiger partial charge is 0.444 e. The monoisotopic (exact) mass is 325 g/mol. The van der Waals surface area contributed by atoms with Gasteiger partial charge in [0.1, 0.15) is 5.60 Å². The predicted octanol–water partition coefficient (Wildman–Crippen LogP) is 3.48. The minimum Gasteiger partial charge on any atom is -0.444 e. The number of hydrogen-bond acceptors (Lipinski definition) is 4. The van der Waals surface area contributed by atoms with Crippen LogP contribution in [0.2, 0.25) is 0 Å². The molecule has 1 amide bonds. The van der Waals surface area contributed by atoms with E-state index in [1.165, 1.54) is 11.1 Å². The summed E-state index contributed by atoms with van der Waals surface area (Å²) >= 11 is 0. The molecule has 5 heteroatoms. The van der Waals surface area contributed by atoms with Crippen molar-refractivity contribution in [1.29, 1.82) is 0 Å². The summed E-state index contributed by atoms with van der Waals surface area (Å²) in [5, 5.41) is 0. The van der Waals surface area contributed by atoms with Crippen LogP contribution < -0.4 is 0 Å². The third-order valence-corrected chi connectivity index (χ3v) is 4.02. The third-order valence-electron chi connectivity index (χ3n) is 4.02. The second-order valence-corrected chi connectivity index (χ2v) is 7.04. The molecule has 0 unspecified atom stereocenters. The van der Waals surface area contributed by atoms with E-state index in [4.69, 9.17) is 4.74 Å². The Bertz CT molecular complexity index is 723. The molecular weight excluding hydrogens is 302 g/mol. The van der Waals surface area contributed by atoms with Gasteiger partial charge in [-0.05, 0) is 50.8 Å². The first kappa shape index (κ1) is 16.4. The third kappa shape index (κ3) is 3.91. The molecule has 0 fully saturated rings. The molecule has 0 saturated carbocycles. The molecule has 0 atom stereocenters. The van der Waals surface area contributed by atoms with E-state index >= 15 is 0 Å². The Hall–Kier alpha value is -2.43. The van der Waals surface area contributed by atoms with Gasteiger partial charge in [-0.25, -0.2) is 4.79 Å². The molecule has 0 radical (unpaired) electrons. The Kier molecular flexibility index (Phi) is 4.51. The Morgan fingerprint density at radius 3 is 2.54 bits per heavy atom. The fraction of sp³-hybridized carbons (Fsp3) is 0.421. The fourth-order valence-electron chi connectivity index (χ4n) is 2.84. The maximum absolute atomic E-state index is 12.3. The van der Waals surface area contributed by atoms with Gasteiger partial charge in [0.2, 0.25) is 0 Å². The lowest BCUT2D eigenvalue weighted by Gasteiger charge is -2.26. The number of benzene rings is 1. The second kappa shape index (κ2) is 6.59. The molecule has 5 nitrogen and oxygen atoms in total. The zero-order valence-electron chi connectivity index (χ0n) is 14.5. The van der Waals surface area contributed by atoms with Crippen molar-refractivity contribution in [1.82, 2.24) is 14.9 Å². The van der Waals surface area contributed by atoms with E-state index in [-0.39, 0.29) is 6.09 Å². The van der Waals surface area contributed by atoms with Gasteiger partial charge in [-0.3, -0.25) is 9.97 Å². The highest BCUT2D eigenvalue weighted by Gasteiger charge is 2.24. The van der Waals surface area contributed by atoms with Crippen LogP contribution in [0.1, 0.15) is 31.9 Å². The Morgan fingerprint density at radius 1 is 1.12 bits per heavy atom. The van der Waals surface area contributed by atoms with Crippen LogP contribution in [0.4, 0.5) is 4.79 Å². The van der Waals surface area contributed by atoms with Crippen LogP contribution in [0.3, 0.4) is 0 Å². The molecular formula is C19H23N3O2. The van der Waals surface area contributed by atoms with E-state index in [2.05, 4.69) is 28.2 Å². The average Bonchev–Trinajstić information content (AvgIpc) is 2.76. The SMILES string of the molecule is CC(C)(C)OC(=O)N1CCc2ccc(-c3cnccn3)cc2CC1. The van der Waals surface area contributed by atoms with E-state index in [1.807, 2.05) is 20.8 Å². The Morgan fingerprint density at radius 2 is 1.88 bits per heavy atom. The molecule has 0 N–H and O–H groups in total. The number of fused-ring (bicyclic) bond motifs is 1. The molecule has 1 aromatic heterocycles. The summed E-state index contributed by atoms with van der Waals surface area (Å²) in [6, 6.07) is 6.38. The quantitative estimate of drug-likeness (QED) is 0.805. The molecule has 0 aliphatic carbocycles. The number of hydrogen-bond donors (Lipinski definition) is 0. The normalized spacial score (nSPS) is 14.7. The van der Waals surface area contributed by atoms with Crippen molar-refractivity contribution < 1.29 is 9.53 Å². The maximum atomic E-state index is 12.3. The summed E-state index contributed by atoms with van der Waals surface area (Å²) in [5.41, 5.74) is 4.02. The summed E-state index contributed by atoms with van der Waals surface area (Å²) in [6.45, 7) is 7.04. The van der Waals surface area contributed by atoms with Crippen LogP contribution in [0.15, 0.2) is 36.8 Å². The molecule has 126 valence electrons. The minimum atomic E-state index is -0.463. The second-order valence-electron chi connectivity index (χ2n) is 7.04. The van der Waals surface area contributed by atoms with Gasteiger partial charge in [-0.15, -0.1) is 0 Å². The Labute approximate surface area is 142 Å². The van der Waals surface area contributed by atoms with E-state index < -0.39 is 5.60 Å². The molecule has 1 aromatic carbocycles. The van der Waals surface area contributed by atoms with Gasteiger partial charge in [-0.1, -0.05) is 12.1 Å². The van der Waals surface area contributed by atoms with Crippen LogP contribution >= 0.6 is 0 Å². The molecule has 3 rings (SSSR count). The average molecular weight is 325 g/mol. The van der Waals surface area contributed by atoms with Gasteiger partial charge >= 0.3 is 6.09 Å².